The van der Waals surface area contributed by atoms with Crippen molar-refractivity contribution >= 4 is 17.6 Å². The molecule has 1 aromatic heterocycles. The zero-order valence-electron chi connectivity index (χ0n) is 10.6. The van der Waals surface area contributed by atoms with E-state index < -0.39 is 17.7 Å². The summed E-state index contributed by atoms with van der Waals surface area (Å²) in [7, 11) is 0. The largest absolute Gasteiger partial charge is 0.478 e. The van der Waals surface area contributed by atoms with E-state index >= 15 is 0 Å². The molecule has 0 radical (unpaired) electrons. The third-order valence-corrected chi connectivity index (χ3v) is 2.69. The number of nitrogens with zero attached hydrogens (tertiary/aromatic N) is 1. The number of hydrogen-bond donors (Lipinski definition) is 2. The zero-order chi connectivity index (χ0) is 14.7. The first-order valence-electron chi connectivity index (χ1n) is 5.75. The molecule has 2 aromatic rings. The number of rotatable bonds is 3. The van der Waals surface area contributed by atoms with E-state index in [0.717, 1.165) is 18.2 Å². The summed E-state index contributed by atoms with van der Waals surface area (Å²) in [5.41, 5.74) is 0.492. The lowest BCUT2D eigenvalue weighted by atomic mass is 10.1. The second-order valence-electron chi connectivity index (χ2n) is 4.12. The summed E-state index contributed by atoms with van der Waals surface area (Å²) in [6.45, 7) is 1.70. The molecule has 0 aliphatic heterocycles. The number of aromatic nitrogens is 1. The first kappa shape index (κ1) is 13.7. The highest BCUT2D eigenvalue weighted by Crippen LogP contribution is 2.17. The smallest absolute Gasteiger partial charge is 0.335 e. The summed E-state index contributed by atoms with van der Waals surface area (Å²) in [5.74, 6) is -2.50. The van der Waals surface area contributed by atoms with Crippen molar-refractivity contribution < 1.29 is 19.1 Å². The topological polar surface area (TPSA) is 79.3 Å². The van der Waals surface area contributed by atoms with Crippen molar-refractivity contribution in [2.24, 2.45) is 0 Å². The van der Waals surface area contributed by atoms with Crippen molar-refractivity contribution in [2.75, 3.05) is 5.32 Å². The molecular formula is C14H11FN2O3. The van der Waals surface area contributed by atoms with Crippen LogP contribution in [0.5, 0.6) is 0 Å². The van der Waals surface area contributed by atoms with Crippen LogP contribution in [0, 0.1) is 12.7 Å². The van der Waals surface area contributed by atoms with E-state index in [-0.39, 0.29) is 16.9 Å². The SMILES string of the molecule is Cc1cccnc1C(=O)Nc1cc(C(=O)O)ccc1F. The first-order chi connectivity index (χ1) is 9.49. The molecule has 0 saturated heterocycles. The summed E-state index contributed by atoms with van der Waals surface area (Å²) in [6, 6.07) is 6.56. The number of pyridine rings is 1. The molecule has 0 unspecified atom stereocenters. The maximum atomic E-state index is 13.6. The fourth-order valence-corrected chi connectivity index (χ4v) is 1.66. The number of halogens is 1. The molecule has 20 heavy (non-hydrogen) atoms. The van der Waals surface area contributed by atoms with Crippen LogP contribution in [0.2, 0.25) is 0 Å². The van der Waals surface area contributed by atoms with Gasteiger partial charge in [0.05, 0.1) is 11.3 Å². The minimum atomic E-state index is -1.20. The second-order valence-corrected chi connectivity index (χ2v) is 4.12. The zero-order valence-corrected chi connectivity index (χ0v) is 10.6. The van der Waals surface area contributed by atoms with Crippen molar-refractivity contribution in [3.8, 4) is 0 Å². The van der Waals surface area contributed by atoms with Gasteiger partial charge in [0.2, 0.25) is 0 Å². The number of nitrogens with one attached hydrogen (secondary N) is 1. The Bertz CT molecular complexity index is 686. The van der Waals surface area contributed by atoms with E-state index in [1.165, 1.54) is 6.20 Å². The molecule has 1 heterocycles. The minimum Gasteiger partial charge on any atom is -0.478 e. The molecule has 5 nitrogen and oxygen atoms in total. The number of amides is 1. The van der Waals surface area contributed by atoms with Crippen molar-refractivity contribution in [1.82, 2.24) is 4.98 Å². The quantitative estimate of drug-likeness (QED) is 0.901. The number of aromatic carboxylic acids is 1. The molecule has 0 bridgehead atoms. The fraction of sp³-hybridized carbons (Fsp3) is 0.0714. The van der Waals surface area contributed by atoms with E-state index in [9.17, 15) is 14.0 Å². The Hall–Kier alpha value is -2.76. The minimum absolute atomic E-state index is 0.112. The molecule has 2 rings (SSSR count). The van der Waals surface area contributed by atoms with Gasteiger partial charge in [-0.25, -0.2) is 9.18 Å². The highest BCUT2D eigenvalue weighted by atomic mass is 19.1. The van der Waals surface area contributed by atoms with Gasteiger partial charge in [-0.15, -0.1) is 0 Å². The molecule has 0 aliphatic rings. The van der Waals surface area contributed by atoms with E-state index in [1.807, 2.05) is 0 Å². The van der Waals surface area contributed by atoms with E-state index in [1.54, 1.807) is 19.1 Å². The number of benzene rings is 1. The maximum absolute atomic E-state index is 13.6. The Morgan fingerprint density at radius 1 is 1.30 bits per heavy atom. The van der Waals surface area contributed by atoms with Gasteiger partial charge in [-0.2, -0.15) is 0 Å². The molecule has 6 heteroatoms. The van der Waals surface area contributed by atoms with Gasteiger partial charge in [0.15, 0.2) is 0 Å². The van der Waals surface area contributed by atoms with Crippen LogP contribution in [0.25, 0.3) is 0 Å². The number of anilines is 1. The van der Waals surface area contributed by atoms with Crippen LogP contribution in [0.3, 0.4) is 0 Å². The Morgan fingerprint density at radius 2 is 2.05 bits per heavy atom. The van der Waals surface area contributed by atoms with Gasteiger partial charge >= 0.3 is 5.97 Å². The molecule has 1 amide bonds. The summed E-state index contributed by atoms with van der Waals surface area (Å²) < 4.78 is 13.6. The molecule has 2 N–H and O–H groups in total. The lowest BCUT2D eigenvalue weighted by Crippen LogP contribution is -2.16. The molecule has 0 saturated carbocycles. The lowest BCUT2D eigenvalue weighted by Gasteiger charge is -2.08. The van der Waals surface area contributed by atoms with Gasteiger partial charge in [0.1, 0.15) is 11.5 Å². The van der Waals surface area contributed by atoms with Crippen LogP contribution >= 0.6 is 0 Å². The van der Waals surface area contributed by atoms with Gasteiger partial charge < -0.3 is 10.4 Å². The average molecular weight is 274 g/mol. The number of aryl methyl sites for hydroxylation is 1. The van der Waals surface area contributed by atoms with Crippen molar-refractivity contribution in [1.29, 1.82) is 0 Å². The van der Waals surface area contributed by atoms with Crippen molar-refractivity contribution in [3.63, 3.8) is 0 Å². The number of carbonyl (C=O) groups is 2. The number of carboxylic acids is 1. The predicted octanol–water partition coefficient (Wildman–Crippen LogP) is 2.48. The van der Waals surface area contributed by atoms with Crippen LogP contribution < -0.4 is 5.32 Å². The lowest BCUT2D eigenvalue weighted by molar-refractivity contribution is 0.0696. The number of carbonyl (C=O) groups excluding carboxylic acids is 1. The Balaban J connectivity index is 2.30. The van der Waals surface area contributed by atoms with Gasteiger partial charge in [-0.05, 0) is 36.8 Å². The van der Waals surface area contributed by atoms with Crippen LogP contribution in [-0.2, 0) is 0 Å². The summed E-state index contributed by atoms with van der Waals surface area (Å²) in [5, 5.41) is 11.2. The van der Waals surface area contributed by atoms with E-state index in [4.69, 9.17) is 5.11 Å². The molecule has 0 aliphatic carbocycles. The predicted molar refractivity (Wildman–Crippen MR) is 70.3 cm³/mol. The second kappa shape index (κ2) is 5.48. The molecule has 102 valence electrons. The molecular weight excluding hydrogens is 263 g/mol. The van der Waals surface area contributed by atoms with Crippen LogP contribution in [-0.4, -0.2) is 22.0 Å². The highest BCUT2D eigenvalue weighted by molar-refractivity contribution is 6.04. The van der Waals surface area contributed by atoms with Gasteiger partial charge in [-0.1, -0.05) is 6.07 Å². The first-order valence-corrected chi connectivity index (χ1v) is 5.75. The Kier molecular flexibility index (Phi) is 3.74. The fourth-order valence-electron chi connectivity index (χ4n) is 1.66. The van der Waals surface area contributed by atoms with E-state index in [2.05, 4.69) is 10.3 Å². The normalized spacial score (nSPS) is 10.1. The third kappa shape index (κ3) is 2.80. The van der Waals surface area contributed by atoms with Gasteiger partial charge in [-0.3, -0.25) is 9.78 Å². The highest BCUT2D eigenvalue weighted by Gasteiger charge is 2.14. The van der Waals surface area contributed by atoms with Crippen molar-refractivity contribution in [3.05, 3.63) is 59.2 Å². The standard InChI is InChI=1S/C14H11FN2O3/c1-8-3-2-6-16-12(8)13(18)17-11-7-9(14(19)20)4-5-10(11)15/h2-7H,1H3,(H,17,18)(H,19,20). The summed E-state index contributed by atoms with van der Waals surface area (Å²) >= 11 is 0. The maximum Gasteiger partial charge on any atom is 0.335 e. The molecule has 0 spiro atoms. The molecule has 0 fully saturated rings. The Labute approximate surface area is 114 Å². The van der Waals surface area contributed by atoms with Gasteiger partial charge in [0, 0.05) is 6.20 Å². The van der Waals surface area contributed by atoms with Crippen LogP contribution in [0.4, 0.5) is 10.1 Å². The van der Waals surface area contributed by atoms with Crippen LogP contribution in [0.1, 0.15) is 26.4 Å². The molecule has 1 aromatic carbocycles. The Morgan fingerprint density at radius 3 is 2.70 bits per heavy atom. The van der Waals surface area contributed by atoms with Crippen molar-refractivity contribution in [2.45, 2.75) is 6.92 Å². The van der Waals surface area contributed by atoms with E-state index in [0.29, 0.717) is 5.56 Å². The number of carboxylic acid groups (broad SMARTS) is 1. The third-order valence-electron chi connectivity index (χ3n) is 2.69. The summed E-state index contributed by atoms with van der Waals surface area (Å²) in [4.78, 5) is 26.7. The van der Waals surface area contributed by atoms with Crippen LogP contribution in [0.15, 0.2) is 36.5 Å². The molecule has 0 atom stereocenters. The summed E-state index contributed by atoms with van der Waals surface area (Å²) in [6.07, 6.45) is 1.45. The monoisotopic (exact) mass is 274 g/mol. The number of hydrogen-bond acceptors (Lipinski definition) is 3. The average Bonchev–Trinajstić information content (AvgIpc) is 2.41. The van der Waals surface area contributed by atoms with Gasteiger partial charge in [0.25, 0.3) is 5.91 Å².